The van der Waals surface area contributed by atoms with Gasteiger partial charge in [0.25, 0.3) is 0 Å². The summed E-state index contributed by atoms with van der Waals surface area (Å²) in [6.45, 7) is 9.99. The highest BCUT2D eigenvalue weighted by molar-refractivity contribution is 5.66. The second-order valence-corrected chi connectivity index (χ2v) is 5.63. The summed E-state index contributed by atoms with van der Waals surface area (Å²) >= 11 is 0. The molecule has 0 aliphatic heterocycles. The molecule has 3 rings (SSSR count). The van der Waals surface area contributed by atoms with Crippen LogP contribution in [0.15, 0.2) is 54.6 Å². The third kappa shape index (κ3) is 3.52. The van der Waals surface area contributed by atoms with Gasteiger partial charge >= 0.3 is 0 Å². The zero-order valence-corrected chi connectivity index (χ0v) is 13.5. The SMILES string of the molecule is [C-]#[N+]c1cccc(-c2cc(CCc3ccc(F)cc3)nn2CC)c1. The molecule has 24 heavy (non-hydrogen) atoms. The summed E-state index contributed by atoms with van der Waals surface area (Å²) < 4.78 is 14.9. The molecule has 0 bridgehead atoms. The molecule has 0 radical (unpaired) electrons. The zero-order valence-electron chi connectivity index (χ0n) is 13.5. The topological polar surface area (TPSA) is 22.2 Å². The summed E-state index contributed by atoms with van der Waals surface area (Å²) in [6.07, 6.45) is 1.62. The number of aryl methyl sites for hydroxylation is 3. The Morgan fingerprint density at radius 3 is 2.58 bits per heavy atom. The van der Waals surface area contributed by atoms with Gasteiger partial charge in [-0.25, -0.2) is 9.24 Å². The lowest BCUT2D eigenvalue weighted by Crippen LogP contribution is -2.00. The Hall–Kier alpha value is -2.93. The summed E-state index contributed by atoms with van der Waals surface area (Å²) in [5, 5.41) is 4.66. The maximum atomic E-state index is 13.0. The summed E-state index contributed by atoms with van der Waals surface area (Å²) in [7, 11) is 0. The van der Waals surface area contributed by atoms with E-state index in [1.165, 1.54) is 12.1 Å². The van der Waals surface area contributed by atoms with Gasteiger partial charge in [0.2, 0.25) is 0 Å². The smallest absolute Gasteiger partial charge is 0.187 e. The third-order valence-electron chi connectivity index (χ3n) is 3.98. The lowest BCUT2D eigenvalue weighted by molar-refractivity contribution is 0.626. The van der Waals surface area contributed by atoms with Crippen LogP contribution in [0.2, 0.25) is 0 Å². The van der Waals surface area contributed by atoms with E-state index in [1.807, 2.05) is 35.0 Å². The van der Waals surface area contributed by atoms with Crippen molar-refractivity contribution < 1.29 is 4.39 Å². The van der Waals surface area contributed by atoms with Gasteiger partial charge in [0.05, 0.1) is 18.0 Å². The number of aromatic nitrogens is 2. The number of benzene rings is 2. The lowest BCUT2D eigenvalue weighted by Gasteiger charge is -2.04. The van der Waals surface area contributed by atoms with Crippen LogP contribution in [0.1, 0.15) is 18.2 Å². The van der Waals surface area contributed by atoms with Gasteiger partial charge in [-0.05, 0) is 55.2 Å². The highest BCUT2D eigenvalue weighted by Crippen LogP contribution is 2.25. The van der Waals surface area contributed by atoms with Gasteiger partial charge in [-0.15, -0.1) is 0 Å². The standard InChI is InChI=1S/C20H18FN3/c1-3-24-20(16-5-4-6-18(13-16)22-2)14-19(23-24)12-9-15-7-10-17(21)11-8-15/h4-8,10-11,13-14H,3,9,12H2,1H3. The molecule has 0 aliphatic carbocycles. The van der Waals surface area contributed by atoms with Crippen LogP contribution in [0.4, 0.5) is 10.1 Å². The monoisotopic (exact) mass is 319 g/mol. The Morgan fingerprint density at radius 1 is 1.08 bits per heavy atom. The van der Waals surface area contributed by atoms with Crippen molar-refractivity contribution in [2.24, 2.45) is 0 Å². The van der Waals surface area contributed by atoms with Crippen LogP contribution in [-0.4, -0.2) is 9.78 Å². The van der Waals surface area contributed by atoms with Crippen LogP contribution in [0.5, 0.6) is 0 Å². The average Bonchev–Trinajstić information content (AvgIpc) is 3.05. The van der Waals surface area contributed by atoms with Crippen molar-refractivity contribution in [1.82, 2.24) is 9.78 Å². The van der Waals surface area contributed by atoms with Crippen molar-refractivity contribution >= 4 is 5.69 Å². The summed E-state index contributed by atoms with van der Waals surface area (Å²) in [6, 6.07) is 16.3. The fourth-order valence-corrected chi connectivity index (χ4v) is 2.72. The predicted molar refractivity (Wildman–Crippen MR) is 93.4 cm³/mol. The highest BCUT2D eigenvalue weighted by atomic mass is 19.1. The zero-order chi connectivity index (χ0) is 16.9. The van der Waals surface area contributed by atoms with Crippen molar-refractivity contribution in [3.8, 4) is 11.3 Å². The summed E-state index contributed by atoms with van der Waals surface area (Å²) in [4.78, 5) is 3.49. The summed E-state index contributed by atoms with van der Waals surface area (Å²) in [5.41, 5.74) is 4.76. The van der Waals surface area contributed by atoms with E-state index >= 15 is 0 Å². The molecule has 0 saturated carbocycles. The maximum absolute atomic E-state index is 13.0. The van der Waals surface area contributed by atoms with Crippen LogP contribution < -0.4 is 0 Å². The fraction of sp³-hybridized carbons (Fsp3) is 0.200. The van der Waals surface area contributed by atoms with Gasteiger partial charge in [0, 0.05) is 6.54 Å². The molecule has 120 valence electrons. The van der Waals surface area contributed by atoms with Gasteiger partial charge in [0.15, 0.2) is 5.69 Å². The second-order valence-electron chi connectivity index (χ2n) is 5.63. The van der Waals surface area contributed by atoms with E-state index < -0.39 is 0 Å². The fourth-order valence-electron chi connectivity index (χ4n) is 2.72. The molecule has 0 saturated heterocycles. The lowest BCUT2D eigenvalue weighted by atomic mass is 10.1. The predicted octanol–water partition coefficient (Wildman–Crippen LogP) is 5.05. The first kappa shape index (κ1) is 15.9. The molecular formula is C20H18FN3. The first-order valence-corrected chi connectivity index (χ1v) is 7.98. The molecule has 1 heterocycles. The van der Waals surface area contributed by atoms with Crippen LogP contribution in [-0.2, 0) is 19.4 Å². The van der Waals surface area contributed by atoms with Crippen molar-refractivity contribution in [2.45, 2.75) is 26.3 Å². The molecule has 0 N–H and O–H groups in total. The number of hydrogen-bond acceptors (Lipinski definition) is 1. The van der Waals surface area contributed by atoms with Crippen LogP contribution in [0, 0.1) is 12.4 Å². The molecule has 0 atom stereocenters. The Bertz CT molecular complexity index is 873. The Labute approximate surface area is 141 Å². The molecule has 1 aromatic heterocycles. The van der Waals surface area contributed by atoms with E-state index in [0.29, 0.717) is 5.69 Å². The molecule has 0 unspecified atom stereocenters. The van der Waals surface area contributed by atoms with E-state index in [4.69, 9.17) is 6.57 Å². The second kappa shape index (κ2) is 7.10. The van der Waals surface area contributed by atoms with E-state index in [9.17, 15) is 4.39 Å². The Balaban J connectivity index is 1.82. The van der Waals surface area contributed by atoms with Gasteiger partial charge in [-0.3, -0.25) is 4.68 Å². The molecule has 4 heteroatoms. The van der Waals surface area contributed by atoms with E-state index in [0.717, 1.165) is 41.9 Å². The average molecular weight is 319 g/mol. The van der Waals surface area contributed by atoms with Crippen molar-refractivity contribution in [3.05, 3.63) is 83.1 Å². The molecule has 0 aliphatic rings. The number of halogens is 1. The molecule has 2 aromatic carbocycles. The minimum atomic E-state index is -0.212. The van der Waals surface area contributed by atoms with Crippen LogP contribution in [0.25, 0.3) is 16.1 Å². The molecule has 3 nitrogen and oxygen atoms in total. The summed E-state index contributed by atoms with van der Waals surface area (Å²) in [5.74, 6) is -0.212. The molecule has 0 amide bonds. The van der Waals surface area contributed by atoms with Gasteiger partial charge in [0.1, 0.15) is 5.82 Å². The van der Waals surface area contributed by atoms with Gasteiger partial charge in [-0.2, -0.15) is 5.10 Å². The van der Waals surface area contributed by atoms with Gasteiger partial charge < -0.3 is 0 Å². The maximum Gasteiger partial charge on any atom is 0.187 e. The van der Waals surface area contributed by atoms with Crippen molar-refractivity contribution in [1.29, 1.82) is 0 Å². The Morgan fingerprint density at radius 2 is 1.88 bits per heavy atom. The van der Waals surface area contributed by atoms with Gasteiger partial charge in [-0.1, -0.05) is 30.3 Å². The normalized spacial score (nSPS) is 10.5. The first-order chi connectivity index (χ1) is 11.7. The third-order valence-corrected chi connectivity index (χ3v) is 3.98. The number of rotatable bonds is 5. The van der Waals surface area contributed by atoms with Crippen LogP contribution >= 0.6 is 0 Å². The highest BCUT2D eigenvalue weighted by Gasteiger charge is 2.10. The van der Waals surface area contributed by atoms with E-state index in [1.54, 1.807) is 6.07 Å². The largest absolute Gasteiger partial charge is 0.265 e. The Kier molecular flexibility index (Phi) is 4.72. The first-order valence-electron chi connectivity index (χ1n) is 7.98. The molecule has 0 spiro atoms. The van der Waals surface area contributed by atoms with Crippen molar-refractivity contribution in [3.63, 3.8) is 0 Å². The molecule has 3 aromatic rings. The van der Waals surface area contributed by atoms with E-state index in [-0.39, 0.29) is 5.82 Å². The molecule has 0 fully saturated rings. The minimum Gasteiger partial charge on any atom is -0.265 e. The number of hydrogen-bond donors (Lipinski definition) is 0. The minimum absolute atomic E-state index is 0.212. The molecular weight excluding hydrogens is 301 g/mol. The van der Waals surface area contributed by atoms with Crippen LogP contribution in [0.3, 0.4) is 0 Å². The number of nitrogens with zero attached hydrogens (tertiary/aromatic N) is 3. The van der Waals surface area contributed by atoms with Crippen molar-refractivity contribution in [2.75, 3.05) is 0 Å². The van der Waals surface area contributed by atoms with E-state index in [2.05, 4.69) is 22.9 Å². The quantitative estimate of drug-likeness (QED) is 0.604.